The molecule has 1 aromatic carbocycles. The van der Waals surface area contributed by atoms with E-state index in [0.717, 1.165) is 34.9 Å². The monoisotopic (exact) mass is 367 g/mol. The second-order valence-corrected chi connectivity index (χ2v) is 6.22. The van der Waals surface area contributed by atoms with Crippen LogP contribution < -0.4 is 0 Å². The molecule has 1 aliphatic carbocycles. The van der Waals surface area contributed by atoms with E-state index >= 15 is 0 Å². The van der Waals surface area contributed by atoms with E-state index in [1.54, 1.807) is 0 Å². The van der Waals surface area contributed by atoms with Crippen molar-refractivity contribution < 1.29 is 31.3 Å². The van der Waals surface area contributed by atoms with Crippen molar-refractivity contribution in [2.45, 2.75) is 24.7 Å². The quantitative estimate of drug-likeness (QED) is 0.399. The van der Waals surface area contributed by atoms with Gasteiger partial charge in [0.25, 0.3) is 5.69 Å². The van der Waals surface area contributed by atoms with Crippen molar-refractivity contribution >= 4 is 32.7 Å². The first-order valence-corrected chi connectivity index (χ1v) is 7.32. The van der Waals surface area contributed by atoms with Crippen molar-refractivity contribution in [3.05, 3.63) is 44.8 Å². The van der Waals surface area contributed by atoms with Crippen LogP contribution in [0.1, 0.15) is 12.5 Å². The van der Waals surface area contributed by atoms with Crippen LogP contribution in [-0.2, 0) is 0 Å². The molecule has 0 fully saturated rings. The number of alkyl halides is 6. The first kappa shape index (κ1) is 16.7. The standard InChI is InChI=1S/C14H7F6NO2S/c1-6-11(13(17,18)14(19,20)12(6,15)16)9-5-24-10-4-7(21(22)23)2-3-8(9)10/h2-5H,1H3. The highest BCUT2D eigenvalue weighted by molar-refractivity contribution is 7.17. The lowest BCUT2D eigenvalue weighted by Gasteiger charge is -2.25. The highest BCUT2D eigenvalue weighted by Gasteiger charge is 2.79. The smallest absolute Gasteiger partial charge is 0.258 e. The molecule has 1 aromatic heterocycles. The third-order valence-electron chi connectivity index (χ3n) is 3.99. The van der Waals surface area contributed by atoms with Gasteiger partial charge in [0, 0.05) is 38.9 Å². The number of non-ortho nitro benzene ring substituents is 1. The second-order valence-electron chi connectivity index (χ2n) is 5.31. The lowest BCUT2D eigenvalue weighted by molar-refractivity contribution is -0.384. The molecule has 0 unspecified atom stereocenters. The molecule has 128 valence electrons. The van der Waals surface area contributed by atoms with Crippen LogP contribution >= 0.6 is 11.3 Å². The van der Waals surface area contributed by atoms with E-state index in [1.165, 1.54) is 0 Å². The van der Waals surface area contributed by atoms with Gasteiger partial charge in [0.1, 0.15) is 0 Å². The summed E-state index contributed by atoms with van der Waals surface area (Å²) < 4.78 is 82.6. The van der Waals surface area contributed by atoms with Gasteiger partial charge in [0.15, 0.2) is 0 Å². The Kier molecular flexibility index (Phi) is 3.29. The zero-order valence-corrected chi connectivity index (χ0v) is 12.6. The third kappa shape index (κ3) is 1.86. The first-order chi connectivity index (χ1) is 10.9. The Morgan fingerprint density at radius 1 is 1.08 bits per heavy atom. The van der Waals surface area contributed by atoms with Gasteiger partial charge in [0.05, 0.1) is 4.92 Å². The molecular weight excluding hydrogens is 360 g/mol. The predicted molar refractivity (Wildman–Crippen MR) is 75.9 cm³/mol. The predicted octanol–water partition coefficient (Wildman–Crippen LogP) is 5.50. The van der Waals surface area contributed by atoms with Gasteiger partial charge in [-0.05, 0) is 18.4 Å². The molecule has 3 rings (SSSR count). The summed E-state index contributed by atoms with van der Waals surface area (Å²) in [6, 6.07) is 3.16. The van der Waals surface area contributed by atoms with Gasteiger partial charge in [-0.1, -0.05) is 0 Å². The number of benzene rings is 1. The summed E-state index contributed by atoms with van der Waals surface area (Å²) >= 11 is 0.774. The molecule has 0 N–H and O–H groups in total. The maximum absolute atomic E-state index is 14.0. The Bertz CT molecular complexity index is 902. The Hall–Kier alpha value is -2.10. The molecule has 10 heteroatoms. The van der Waals surface area contributed by atoms with Gasteiger partial charge in [-0.15, -0.1) is 11.3 Å². The average Bonchev–Trinajstić information content (AvgIpc) is 2.92. The molecule has 0 amide bonds. The Morgan fingerprint density at radius 3 is 2.21 bits per heavy atom. The van der Waals surface area contributed by atoms with Crippen LogP contribution in [0.5, 0.6) is 0 Å². The van der Waals surface area contributed by atoms with E-state index in [4.69, 9.17) is 0 Å². The molecule has 0 bridgehead atoms. The van der Waals surface area contributed by atoms with Crippen molar-refractivity contribution in [3.8, 4) is 0 Å². The van der Waals surface area contributed by atoms with E-state index in [1.807, 2.05) is 0 Å². The van der Waals surface area contributed by atoms with Gasteiger partial charge in [-0.2, -0.15) is 26.3 Å². The number of hydrogen-bond donors (Lipinski definition) is 0. The topological polar surface area (TPSA) is 43.1 Å². The number of nitro groups is 1. The Labute approximate surface area is 134 Å². The molecular formula is C14H7F6NO2S. The average molecular weight is 367 g/mol. The summed E-state index contributed by atoms with van der Waals surface area (Å²) in [5.41, 5.74) is -3.63. The number of halogens is 6. The van der Waals surface area contributed by atoms with E-state index in [9.17, 15) is 36.5 Å². The maximum Gasteiger partial charge on any atom is 0.380 e. The van der Waals surface area contributed by atoms with Crippen molar-refractivity contribution in [1.29, 1.82) is 0 Å². The lowest BCUT2D eigenvalue weighted by Crippen LogP contribution is -2.48. The fraction of sp³-hybridized carbons (Fsp3) is 0.286. The van der Waals surface area contributed by atoms with E-state index < -0.39 is 39.4 Å². The zero-order valence-electron chi connectivity index (χ0n) is 11.7. The summed E-state index contributed by atoms with van der Waals surface area (Å²) in [5.74, 6) is -15.6. The van der Waals surface area contributed by atoms with E-state index in [-0.39, 0.29) is 15.8 Å². The molecule has 0 saturated heterocycles. The van der Waals surface area contributed by atoms with Crippen LogP contribution in [0.4, 0.5) is 32.0 Å². The molecule has 0 spiro atoms. The zero-order chi connectivity index (χ0) is 18.1. The summed E-state index contributed by atoms with van der Waals surface area (Å²) in [7, 11) is 0. The molecule has 0 atom stereocenters. The van der Waals surface area contributed by atoms with Crippen LogP contribution in [0.25, 0.3) is 15.7 Å². The minimum Gasteiger partial charge on any atom is -0.258 e. The Morgan fingerprint density at radius 2 is 1.71 bits per heavy atom. The van der Waals surface area contributed by atoms with Crippen molar-refractivity contribution in [1.82, 2.24) is 0 Å². The normalized spacial score (nSPS) is 21.5. The molecule has 1 aliphatic rings. The fourth-order valence-electron chi connectivity index (χ4n) is 2.68. The van der Waals surface area contributed by atoms with Crippen molar-refractivity contribution in [2.24, 2.45) is 0 Å². The van der Waals surface area contributed by atoms with Crippen LogP contribution in [-0.4, -0.2) is 22.7 Å². The van der Waals surface area contributed by atoms with Crippen molar-refractivity contribution in [3.63, 3.8) is 0 Å². The van der Waals surface area contributed by atoms with Crippen molar-refractivity contribution in [2.75, 3.05) is 0 Å². The molecule has 3 nitrogen and oxygen atoms in total. The summed E-state index contributed by atoms with van der Waals surface area (Å²) in [6.45, 7) is 0.541. The number of allylic oxidation sites excluding steroid dienone is 2. The largest absolute Gasteiger partial charge is 0.380 e. The lowest BCUT2D eigenvalue weighted by atomic mass is 9.99. The minimum absolute atomic E-state index is 0.0203. The number of nitrogens with zero attached hydrogens (tertiary/aromatic N) is 1. The highest BCUT2D eigenvalue weighted by Crippen LogP contribution is 2.62. The summed E-state index contributed by atoms with van der Waals surface area (Å²) in [5, 5.41) is 11.7. The number of fused-ring (bicyclic) bond motifs is 1. The molecule has 1 heterocycles. The second kappa shape index (κ2) is 4.71. The third-order valence-corrected chi connectivity index (χ3v) is 4.93. The number of hydrogen-bond acceptors (Lipinski definition) is 3. The van der Waals surface area contributed by atoms with Gasteiger partial charge in [-0.3, -0.25) is 10.1 Å². The van der Waals surface area contributed by atoms with Crippen LogP contribution in [0.3, 0.4) is 0 Å². The molecule has 24 heavy (non-hydrogen) atoms. The highest BCUT2D eigenvalue weighted by atomic mass is 32.1. The number of thiophene rings is 1. The van der Waals surface area contributed by atoms with Gasteiger partial charge >= 0.3 is 17.8 Å². The molecule has 0 saturated carbocycles. The minimum atomic E-state index is -5.55. The van der Waals surface area contributed by atoms with Gasteiger partial charge in [-0.25, -0.2) is 0 Å². The fourth-order valence-corrected chi connectivity index (χ4v) is 3.66. The van der Waals surface area contributed by atoms with Gasteiger partial charge in [0.2, 0.25) is 0 Å². The first-order valence-electron chi connectivity index (χ1n) is 6.44. The molecule has 0 radical (unpaired) electrons. The SMILES string of the molecule is CC1=C(c2csc3cc([N+](=O)[O-])ccc23)C(F)(F)C(F)(F)C1(F)F. The maximum atomic E-state index is 14.0. The van der Waals surface area contributed by atoms with E-state index in [2.05, 4.69) is 0 Å². The number of rotatable bonds is 2. The molecule has 0 aliphatic heterocycles. The summed E-state index contributed by atoms with van der Waals surface area (Å²) in [6.07, 6.45) is 0. The van der Waals surface area contributed by atoms with Crippen LogP contribution in [0, 0.1) is 10.1 Å². The van der Waals surface area contributed by atoms with Crippen LogP contribution in [0.15, 0.2) is 29.2 Å². The molecule has 2 aromatic rings. The van der Waals surface area contributed by atoms with Gasteiger partial charge < -0.3 is 0 Å². The van der Waals surface area contributed by atoms with E-state index in [0.29, 0.717) is 6.92 Å². The Balaban J connectivity index is 2.28. The van der Waals surface area contributed by atoms with Crippen LogP contribution in [0.2, 0.25) is 0 Å². The number of nitro benzene ring substituents is 1. The summed E-state index contributed by atoms with van der Waals surface area (Å²) in [4.78, 5) is 10.0.